The predicted octanol–water partition coefficient (Wildman–Crippen LogP) is 3.55. The number of fused-ring (bicyclic) bond motifs is 1. The van der Waals surface area contributed by atoms with Crippen LogP contribution in [0.5, 0.6) is 0 Å². The molecule has 0 atom stereocenters. The lowest BCUT2D eigenvalue weighted by Gasteiger charge is -2.11. The highest BCUT2D eigenvalue weighted by Gasteiger charge is 2.02. The lowest BCUT2D eigenvalue weighted by Crippen LogP contribution is -2.38. The summed E-state index contributed by atoms with van der Waals surface area (Å²) in [6, 6.07) is 12.5. The first-order chi connectivity index (χ1) is 12.3. The van der Waals surface area contributed by atoms with Crippen LogP contribution in [-0.4, -0.2) is 28.6 Å². The monoisotopic (exact) mass is 355 g/mol. The van der Waals surface area contributed by atoms with Gasteiger partial charge < -0.3 is 15.2 Å². The van der Waals surface area contributed by atoms with E-state index in [0.29, 0.717) is 0 Å². The Balaban J connectivity index is 1.49. The zero-order valence-corrected chi connectivity index (χ0v) is 15.6. The Kier molecular flexibility index (Phi) is 6.06. The summed E-state index contributed by atoms with van der Waals surface area (Å²) in [4.78, 5) is 11.7. The zero-order valence-electron chi connectivity index (χ0n) is 14.8. The number of rotatable bonds is 7. The third-order valence-electron chi connectivity index (χ3n) is 3.93. The summed E-state index contributed by atoms with van der Waals surface area (Å²) in [6.07, 6.45) is 2.94. The van der Waals surface area contributed by atoms with Crippen molar-refractivity contribution in [2.24, 2.45) is 4.99 Å². The fraction of sp³-hybridized carbons (Fsp3) is 0.368. The smallest absolute Gasteiger partial charge is 0.191 e. The van der Waals surface area contributed by atoms with Gasteiger partial charge >= 0.3 is 0 Å². The fourth-order valence-corrected chi connectivity index (χ4v) is 3.53. The number of aromatic nitrogens is 2. The minimum absolute atomic E-state index is 0.722. The van der Waals surface area contributed by atoms with E-state index in [2.05, 4.69) is 63.3 Å². The predicted molar refractivity (Wildman–Crippen MR) is 106 cm³/mol. The second-order valence-electron chi connectivity index (χ2n) is 5.91. The highest BCUT2D eigenvalue weighted by molar-refractivity contribution is 7.11. The molecule has 0 aliphatic heterocycles. The third-order valence-corrected chi connectivity index (χ3v) is 4.91. The van der Waals surface area contributed by atoms with Crippen LogP contribution in [0.1, 0.15) is 23.1 Å². The van der Waals surface area contributed by atoms with Crippen molar-refractivity contribution >= 4 is 28.3 Å². The minimum atomic E-state index is 0.722. The molecule has 25 heavy (non-hydrogen) atoms. The summed E-state index contributed by atoms with van der Waals surface area (Å²) in [5, 5.41) is 6.73. The first-order valence-electron chi connectivity index (χ1n) is 8.73. The molecule has 0 fully saturated rings. The molecule has 0 saturated carbocycles. The van der Waals surface area contributed by atoms with Gasteiger partial charge in [-0.25, -0.2) is 9.98 Å². The Labute approximate surface area is 152 Å². The fourth-order valence-electron chi connectivity index (χ4n) is 2.71. The molecule has 1 aromatic carbocycles. The highest BCUT2D eigenvalue weighted by atomic mass is 32.1. The zero-order chi connectivity index (χ0) is 17.5. The van der Waals surface area contributed by atoms with Crippen LogP contribution < -0.4 is 10.6 Å². The van der Waals surface area contributed by atoms with Crippen LogP contribution >= 0.6 is 11.3 Å². The van der Waals surface area contributed by atoms with Crippen LogP contribution in [0.15, 0.2) is 47.7 Å². The molecule has 0 saturated heterocycles. The first kappa shape index (κ1) is 17.5. The van der Waals surface area contributed by atoms with E-state index in [4.69, 9.17) is 0 Å². The molecule has 0 aliphatic rings. The molecular formula is C19H25N5S. The van der Waals surface area contributed by atoms with Gasteiger partial charge in [0.25, 0.3) is 0 Å². The van der Waals surface area contributed by atoms with Crippen molar-refractivity contribution in [3.63, 3.8) is 0 Å². The van der Waals surface area contributed by atoms with Gasteiger partial charge in [0.05, 0.1) is 23.9 Å². The molecule has 132 valence electrons. The van der Waals surface area contributed by atoms with Gasteiger partial charge in [-0.2, -0.15) is 0 Å². The van der Waals surface area contributed by atoms with Crippen LogP contribution in [0.3, 0.4) is 0 Å². The Morgan fingerprint density at radius 3 is 2.88 bits per heavy atom. The van der Waals surface area contributed by atoms with Crippen molar-refractivity contribution < 1.29 is 0 Å². The topological polar surface area (TPSA) is 54.2 Å². The van der Waals surface area contributed by atoms with E-state index < -0.39 is 0 Å². The van der Waals surface area contributed by atoms with E-state index in [1.165, 1.54) is 15.3 Å². The van der Waals surface area contributed by atoms with Crippen LogP contribution in [-0.2, 0) is 13.1 Å². The molecule has 0 amide bonds. The second-order valence-corrected chi connectivity index (χ2v) is 7.29. The summed E-state index contributed by atoms with van der Waals surface area (Å²) in [7, 11) is 0. The van der Waals surface area contributed by atoms with Gasteiger partial charge in [-0.1, -0.05) is 12.1 Å². The molecule has 0 unspecified atom stereocenters. The minimum Gasteiger partial charge on any atom is -0.357 e. The lowest BCUT2D eigenvalue weighted by atomic mass is 10.3. The average molecular weight is 356 g/mol. The molecule has 6 heteroatoms. The second kappa shape index (κ2) is 8.67. The number of para-hydroxylation sites is 2. The first-order valence-corrected chi connectivity index (χ1v) is 9.55. The van der Waals surface area contributed by atoms with Gasteiger partial charge in [0, 0.05) is 29.4 Å². The van der Waals surface area contributed by atoms with Crippen molar-refractivity contribution in [3.05, 3.63) is 52.5 Å². The average Bonchev–Trinajstić information content (AvgIpc) is 3.22. The van der Waals surface area contributed by atoms with Gasteiger partial charge in [-0.15, -0.1) is 11.3 Å². The number of aliphatic imine (C=N–C) groups is 1. The van der Waals surface area contributed by atoms with E-state index in [9.17, 15) is 0 Å². The van der Waals surface area contributed by atoms with Crippen molar-refractivity contribution in [2.45, 2.75) is 33.4 Å². The van der Waals surface area contributed by atoms with Crippen LogP contribution in [0.4, 0.5) is 0 Å². The van der Waals surface area contributed by atoms with E-state index in [-0.39, 0.29) is 0 Å². The van der Waals surface area contributed by atoms with Gasteiger partial charge in [-0.05, 0) is 44.5 Å². The quantitative estimate of drug-likeness (QED) is 0.387. The number of guanidine groups is 1. The lowest BCUT2D eigenvalue weighted by molar-refractivity contribution is 0.637. The number of nitrogens with one attached hydrogen (secondary N) is 2. The molecule has 2 heterocycles. The van der Waals surface area contributed by atoms with E-state index in [0.717, 1.165) is 44.1 Å². The summed E-state index contributed by atoms with van der Waals surface area (Å²) in [5.74, 6) is 0.879. The maximum absolute atomic E-state index is 4.67. The normalized spacial score (nSPS) is 11.8. The molecule has 2 aromatic heterocycles. The van der Waals surface area contributed by atoms with Crippen molar-refractivity contribution in [1.29, 1.82) is 0 Å². The summed E-state index contributed by atoms with van der Waals surface area (Å²) in [5.41, 5.74) is 2.24. The van der Waals surface area contributed by atoms with Gasteiger partial charge in [0.15, 0.2) is 5.96 Å². The molecule has 0 spiro atoms. The number of aryl methyl sites for hydroxylation is 2. The molecule has 5 nitrogen and oxygen atoms in total. The van der Waals surface area contributed by atoms with Gasteiger partial charge in [0.2, 0.25) is 0 Å². The molecule has 0 radical (unpaired) electrons. The Morgan fingerprint density at radius 2 is 2.08 bits per heavy atom. The Morgan fingerprint density at radius 1 is 1.20 bits per heavy atom. The largest absolute Gasteiger partial charge is 0.357 e. The molecule has 2 N–H and O–H groups in total. The maximum Gasteiger partial charge on any atom is 0.191 e. The number of nitrogens with zero attached hydrogens (tertiary/aromatic N) is 3. The van der Waals surface area contributed by atoms with Crippen LogP contribution in [0.25, 0.3) is 11.0 Å². The molecule has 3 aromatic rings. The van der Waals surface area contributed by atoms with Crippen molar-refractivity contribution in [1.82, 2.24) is 20.2 Å². The van der Waals surface area contributed by atoms with Gasteiger partial charge in [0.1, 0.15) is 0 Å². The van der Waals surface area contributed by atoms with E-state index >= 15 is 0 Å². The SMILES string of the molecule is CCNC(=NCc1ccc(C)s1)NCCCn1cnc2ccccc21. The van der Waals surface area contributed by atoms with E-state index in [1.54, 1.807) is 11.3 Å². The maximum atomic E-state index is 4.67. The molecule has 0 bridgehead atoms. The summed E-state index contributed by atoms with van der Waals surface area (Å²) < 4.78 is 2.20. The van der Waals surface area contributed by atoms with Crippen molar-refractivity contribution in [3.8, 4) is 0 Å². The van der Waals surface area contributed by atoms with Crippen LogP contribution in [0.2, 0.25) is 0 Å². The third kappa shape index (κ3) is 4.82. The standard InChI is InChI=1S/C19H25N5S/c1-3-20-19(22-13-16-10-9-15(2)25-16)21-11-6-12-24-14-23-17-7-4-5-8-18(17)24/h4-5,7-10,14H,3,6,11-13H2,1-2H3,(H2,20,21,22). The molecular weight excluding hydrogens is 330 g/mol. The number of benzene rings is 1. The molecule has 3 rings (SSSR count). The number of thiophene rings is 1. The van der Waals surface area contributed by atoms with Crippen molar-refractivity contribution in [2.75, 3.05) is 13.1 Å². The van der Waals surface area contributed by atoms with Gasteiger partial charge in [-0.3, -0.25) is 0 Å². The van der Waals surface area contributed by atoms with E-state index in [1.807, 2.05) is 18.5 Å². The Bertz CT molecular complexity index is 833. The number of imidazole rings is 1. The highest BCUT2D eigenvalue weighted by Crippen LogP contribution is 2.15. The number of hydrogen-bond acceptors (Lipinski definition) is 3. The summed E-state index contributed by atoms with van der Waals surface area (Å²) in [6.45, 7) is 7.62. The Hall–Kier alpha value is -2.34. The number of hydrogen-bond donors (Lipinski definition) is 2. The van der Waals surface area contributed by atoms with Crippen LogP contribution in [0, 0.1) is 6.92 Å². The molecule has 0 aliphatic carbocycles. The summed E-state index contributed by atoms with van der Waals surface area (Å²) >= 11 is 1.80.